The molecule has 1 aliphatic rings. The Kier molecular flexibility index (Phi) is 5.35. The van der Waals surface area contributed by atoms with Gasteiger partial charge in [0.2, 0.25) is 0 Å². The quantitative estimate of drug-likeness (QED) is 0.801. The van der Waals surface area contributed by atoms with Gasteiger partial charge in [-0.2, -0.15) is 0 Å². The third-order valence-corrected chi connectivity index (χ3v) is 3.48. The molecule has 112 valence electrons. The van der Waals surface area contributed by atoms with E-state index in [-0.39, 0.29) is 5.91 Å². The van der Waals surface area contributed by atoms with Crippen molar-refractivity contribution < 1.29 is 14.6 Å². The van der Waals surface area contributed by atoms with Crippen molar-refractivity contribution in [3.63, 3.8) is 0 Å². The summed E-state index contributed by atoms with van der Waals surface area (Å²) in [5, 5.41) is 9.65. The summed E-state index contributed by atoms with van der Waals surface area (Å²) in [4.78, 5) is 16.5. The van der Waals surface area contributed by atoms with Crippen LogP contribution in [0.2, 0.25) is 0 Å². The van der Waals surface area contributed by atoms with Crippen LogP contribution in [0.15, 0.2) is 0 Å². The lowest BCUT2D eigenvalue weighted by molar-refractivity contribution is -0.157. The third-order valence-electron chi connectivity index (χ3n) is 3.48. The molecule has 5 heteroatoms. The van der Waals surface area contributed by atoms with Gasteiger partial charge in [-0.3, -0.25) is 4.79 Å². The van der Waals surface area contributed by atoms with Crippen LogP contribution in [0, 0.1) is 0 Å². The number of ether oxygens (including phenoxy) is 1. The third kappa shape index (κ3) is 5.47. The van der Waals surface area contributed by atoms with Crippen LogP contribution in [0.5, 0.6) is 0 Å². The van der Waals surface area contributed by atoms with Crippen molar-refractivity contribution in [2.75, 3.05) is 39.8 Å². The number of hydrogen-bond donors (Lipinski definition) is 1. The fourth-order valence-corrected chi connectivity index (χ4v) is 2.01. The Labute approximate surface area is 116 Å². The molecule has 0 unspecified atom stereocenters. The molecule has 0 aromatic carbocycles. The Bertz CT molecular complexity index is 302. The molecule has 1 fully saturated rings. The Hall–Kier alpha value is -0.650. The molecular formula is C14H28N2O3. The number of amides is 1. The standard InChI is InChI=1S/C14H28N2O3/c1-13(2,18)6-11-19-14(3,4)12(17)16-9-7-15(5)8-10-16/h18H,6-11H2,1-5H3. The van der Waals surface area contributed by atoms with Gasteiger partial charge in [-0.05, 0) is 41.2 Å². The van der Waals surface area contributed by atoms with Crippen LogP contribution < -0.4 is 0 Å². The highest BCUT2D eigenvalue weighted by molar-refractivity contribution is 5.84. The fourth-order valence-electron chi connectivity index (χ4n) is 2.01. The Morgan fingerprint density at radius 3 is 2.16 bits per heavy atom. The minimum atomic E-state index is -0.818. The molecule has 0 aromatic rings. The highest BCUT2D eigenvalue weighted by Crippen LogP contribution is 2.17. The van der Waals surface area contributed by atoms with E-state index in [2.05, 4.69) is 11.9 Å². The number of rotatable bonds is 5. The van der Waals surface area contributed by atoms with Gasteiger partial charge in [0, 0.05) is 26.2 Å². The molecule has 1 saturated heterocycles. The van der Waals surface area contributed by atoms with E-state index in [0.29, 0.717) is 13.0 Å². The largest absolute Gasteiger partial charge is 0.390 e. The van der Waals surface area contributed by atoms with Crippen molar-refractivity contribution in [1.29, 1.82) is 0 Å². The van der Waals surface area contributed by atoms with Crippen LogP contribution in [-0.4, -0.2) is 71.8 Å². The average Bonchev–Trinajstić information content (AvgIpc) is 2.27. The van der Waals surface area contributed by atoms with Crippen LogP contribution in [0.25, 0.3) is 0 Å². The molecule has 1 rings (SSSR count). The molecule has 0 saturated carbocycles. The van der Waals surface area contributed by atoms with E-state index >= 15 is 0 Å². The predicted octanol–water partition coefficient (Wildman–Crippen LogP) is 0.717. The van der Waals surface area contributed by atoms with Crippen LogP contribution >= 0.6 is 0 Å². The van der Waals surface area contributed by atoms with Crippen molar-refractivity contribution in [2.24, 2.45) is 0 Å². The molecule has 1 N–H and O–H groups in total. The van der Waals surface area contributed by atoms with Crippen molar-refractivity contribution >= 4 is 5.91 Å². The van der Waals surface area contributed by atoms with E-state index < -0.39 is 11.2 Å². The first kappa shape index (κ1) is 16.4. The van der Waals surface area contributed by atoms with Gasteiger partial charge in [-0.15, -0.1) is 0 Å². The van der Waals surface area contributed by atoms with Gasteiger partial charge in [0.15, 0.2) is 0 Å². The van der Waals surface area contributed by atoms with Crippen LogP contribution in [0.3, 0.4) is 0 Å². The molecule has 0 spiro atoms. The highest BCUT2D eigenvalue weighted by Gasteiger charge is 2.34. The molecule has 0 aromatic heterocycles. The lowest BCUT2D eigenvalue weighted by atomic mass is 10.0. The van der Waals surface area contributed by atoms with Gasteiger partial charge in [-0.1, -0.05) is 0 Å². The number of carbonyl (C=O) groups excluding carboxylic acids is 1. The summed E-state index contributed by atoms with van der Waals surface area (Å²) >= 11 is 0. The molecule has 0 radical (unpaired) electrons. The molecule has 0 bridgehead atoms. The van der Waals surface area contributed by atoms with Gasteiger partial charge in [0.25, 0.3) is 5.91 Å². The second-order valence-corrected chi connectivity index (χ2v) is 6.52. The number of hydrogen-bond acceptors (Lipinski definition) is 4. The topological polar surface area (TPSA) is 53.0 Å². The second kappa shape index (κ2) is 6.20. The number of aliphatic hydroxyl groups is 1. The zero-order chi connectivity index (χ0) is 14.7. The van der Waals surface area contributed by atoms with E-state index in [1.54, 1.807) is 27.7 Å². The number of nitrogens with zero attached hydrogens (tertiary/aromatic N) is 2. The first-order chi connectivity index (χ1) is 8.62. The molecule has 19 heavy (non-hydrogen) atoms. The van der Waals surface area contributed by atoms with Crippen LogP contribution in [0.4, 0.5) is 0 Å². The number of carbonyl (C=O) groups is 1. The number of piperazine rings is 1. The number of likely N-dealkylation sites (N-methyl/N-ethyl adjacent to an activating group) is 1. The van der Waals surface area contributed by atoms with Crippen molar-refractivity contribution in [1.82, 2.24) is 9.80 Å². The smallest absolute Gasteiger partial charge is 0.254 e. The zero-order valence-electron chi connectivity index (χ0n) is 12.9. The maximum atomic E-state index is 12.4. The first-order valence-electron chi connectivity index (χ1n) is 6.96. The highest BCUT2D eigenvalue weighted by atomic mass is 16.5. The van der Waals surface area contributed by atoms with Crippen molar-refractivity contribution in [2.45, 2.75) is 45.3 Å². The molecule has 1 aliphatic heterocycles. The maximum Gasteiger partial charge on any atom is 0.254 e. The predicted molar refractivity (Wildman–Crippen MR) is 75.0 cm³/mol. The minimum absolute atomic E-state index is 0.0383. The lowest BCUT2D eigenvalue weighted by Crippen LogP contribution is -2.54. The molecule has 0 atom stereocenters. The monoisotopic (exact) mass is 272 g/mol. The zero-order valence-corrected chi connectivity index (χ0v) is 12.9. The van der Waals surface area contributed by atoms with E-state index in [9.17, 15) is 9.90 Å². The average molecular weight is 272 g/mol. The summed E-state index contributed by atoms with van der Waals surface area (Å²) in [5.41, 5.74) is -1.58. The normalized spacial score (nSPS) is 18.7. The first-order valence-corrected chi connectivity index (χ1v) is 6.96. The Morgan fingerprint density at radius 1 is 1.16 bits per heavy atom. The van der Waals surface area contributed by atoms with E-state index in [4.69, 9.17) is 4.74 Å². The summed E-state index contributed by atoms with van der Waals surface area (Å²) in [6, 6.07) is 0. The summed E-state index contributed by atoms with van der Waals surface area (Å²) in [6.07, 6.45) is 0.520. The van der Waals surface area contributed by atoms with E-state index in [1.165, 1.54) is 0 Å². The lowest BCUT2D eigenvalue weighted by Gasteiger charge is -2.37. The summed E-state index contributed by atoms with van der Waals surface area (Å²) < 4.78 is 5.68. The maximum absolute atomic E-state index is 12.4. The van der Waals surface area contributed by atoms with Gasteiger partial charge in [-0.25, -0.2) is 0 Å². The summed E-state index contributed by atoms with van der Waals surface area (Å²) in [7, 11) is 2.06. The SMILES string of the molecule is CN1CCN(C(=O)C(C)(C)OCCC(C)(C)O)CC1. The summed E-state index contributed by atoms with van der Waals surface area (Å²) in [6.45, 7) is 10.8. The Balaban J connectivity index is 2.45. The van der Waals surface area contributed by atoms with Gasteiger partial charge < -0.3 is 19.6 Å². The van der Waals surface area contributed by atoms with Crippen molar-refractivity contribution in [3.8, 4) is 0 Å². The molecule has 1 amide bonds. The van der Waals surface area contributed by atoms with Gasteiger partial charge >= 0.3 is 0 Å². The molecular weight excluding hydrogens is 244 g/mol. The van der Waals surface area contributed by atoms with Gasteiger partial charge in [0.1, 0.15) is 5.60 Å². The molecule has 0 aliphatic carbocycles. The second-order valence-electron chi connectivity index (χ2n) is 6.52. The Morgan fingerprint density at radius 2 is 1.68 bits per heavy atom. The fraction of sp³-hybridized carbons (Fsp3) is 0.929. The van der Waals surface area contributed by atoms with Crippen LogP contribution in [0.1, 0.15) is 34.1 Å². The van der Waals surface area contributed by atoms with E-state index in [1.807, 2.05) is 4.90 Å². The van der Waals surface area contributed by atoms with Gasteiger partial charge in [0.05, 0.1) is 12.2 Å². The van der Waals surface area contributed by atoms with Crippen molar-refractivity contribution in [3.05, 3.63) is 0 Å². The summed E-state index contributed by atoms with van der Waals surface area (Å²) in [5.74, 6) is 0.0383. The van der Waals surface area contributed by atoms with E-state index in [0.717, 1.165) is 26.2 Å². The van der Waals surface area contributed by atoms with Crippen LogP contribution in [-0.2, 0) is 9.53 Å². The molecule has 5 nitrogen and oxygen atoms in total. The molecule has 1 heterocycles. The minimum Gasteiger partial charge on any atom is -0.390 e.